The van der Waals surface area contributed by atoms with E-state index in [2.05, 4.69) is 6.92 Å². The average molecular weight is 344 g/mol. The number of aryl methyl sites for hydroxylation is 1. The lowest BCUT2D eigenvalue weighted by molar-refractivity contribution is -0.135. The summed E-state index contributed by atoms with van der Waals surface area (Å²) < 4.78 is 19.5. The predicted molar refractivity (Wildman–Crippen MR) is 95.4 cm³/mol. The van der Waals surface area contributed by atoms with Gasteiger partial charge in [-0.05, 0) is 43.0 Å². The molecule has 0 aliphatic carbocycles. The van der Waals surface area contributed by atoms with E-state index in [4.69, 9.17) is 10.2 Å². The van der Waals surface area contributed by atoms with Crippen LogP contribution in [-0.2, 0) is 11.2 Å². The van der Waals surface area contributed by atoms with Crippen molar-refractivity contribution in [2.45, 2.75) is 38.6 Å². The second kappa shape index (κ2) is 7.83. The number of nitrogens with two attached hydrogens (primary N) is 1. The molecule has 1 amide bonds. The van der Waals surface area contributed by atoms with Crippen molar-refractivity contribution in [1.82, 2.24) is 4.90 Å². The molecule has 2 unspecified atom stereocenters. The maximum absolute atomic E-state index is 13.8. The Morgan fingerprint density at radius 2 is 2.12 bits per heavy atom. The number of hydrogen-bond acceptors (Lipinski definition) is 3. The second-order valence-electron chi connectivity index (χ2n) is 6.85. The van der Waals surface area contributed by atoms with Crippen LogP contribution in [0.5, 0.6) is 0 Å². The smallest absolute Gasteiger partial charge is 0.223 e. The monoisotopic (exact) mass is 344 g/mol. The van der Waals surface area contributed by atoms with Gasteiger partial charge in [-0.2, -0.15) is 0 Å². The number of benzene rings is 1. The fourth-order valence-electron chi connectivity index (χ4n) is 3.50. The summed E-state index contributed by atoms with van der Waals surface area (Å²) in [6.07, 6.45) is 2.90. The fourth-order valence-corrected chi connectivity index (χ4v) is 3.50. The van der Waals surface area contributed by atoms with Gasteiger partial charge in [0, 0.05) is 32.0 Å². The summed E-state index contributed by atoms with van der Waals surface area (Å²) in [4.78, 5) is 14.5. The van der Waals surface area contributed by atoms with Crippen LogP contribution in [-0.4, -0.2) is 29.9 Å². The SMILES string of the molecule is CC1CCN(C(=O)CCc2ccc(-c3ccccc3F)o2)C(CN)C1. The molecule has 1 saturated heterocycles. The number of likely N-dealkylation sites (tertiary alicyclic amines) is 1. The van der Waals surface area contributed by atoms with E-state index in [1.807, 2.05) is 11.0 Å². The van der Waals surface area contributed by atoms with E-state index in [0.717, 1.165) is 19.4 Å². The molecule has 0 radical (unpaired) electrons. The Morgan fingerprint density at radius 1 is 1.32 bits per heavy atom. The number of rotatable bonds is 5. The van der Waals surface area contributed by atoms with Crippen molar-refractivity contribution in [3.05, 3.63) is 48.0 Å². The van der Waals surface area contributed by atoms with Crippen molar-refractivity contribution in [2.75, 3.05) is 13.1 Å². The van der Waals surface area contributed by atoms with Crippen molar-refractivity contribution in [3.63, 3.8) is 0 Å². The minimum atomic E-state index is -0.312. The molecule has 0 bridgehead atoms. The van der Waals surface area contributed by atoms with Crippen LogP contribution < -0.4 is 5.73 Å². The third-order valence-corrected chi connectivity index (χ3v) is 4.96. The number of carbonyl (C=O) groups is 1. The predicted octanol–water partition coefficient (Wildman–Crippen LogP) is 3.60. The zero-order valence-corrected chi connectivity index (χ0v) is 14.6. The van der Waals surface area contributed by atoms with Crippen LogP contribution in [0.2, 0.25) is 0 Å². The van der Waals surface area contributed by atoms with Gasteiger partial charge in [-0.15, -0.1) is 0 Å². The van der Waals surface area contributed by atoms with Crippen LogP contribution >= 0.6 is 0 Å². The summed E-state index contributed by atoms with van der Waals surface area (Å²) in [6.45, 7) is 3.49. The summed E-state index contributed by atoms with van der Waals surface area (Å²) in [5.41, 5.74) is 6.27. The lowest BCUT2D eigenvalue weighted by Crippen LogP contribution is -2.49. The van der Waals surface area contributed by atoms with Gasteiger partial charge in [0.2, 0.25) is 5.91 Å². The number of carbonyl (C=O) groups excluding carboxylic acids is 1. The topological polar surface area (TPSA) is 59.5 Å². The Balaban J connectivity index is 1.60. The van der Waals surface area contributed by atoms with Crippen LogP contribution in [0, 0.1) is 11.7 Å². The molecule has 5 heteroatoms. The third kappa shape index (κ3) is 4.10. The molecule has 1 aliphatic rings. The first-order valence-corrected chi connectivity index (χ1v) is 8.91. The summed E-state index contributed by atoms with van der Waals surface area (Å²) in [5, 5.41) is 0. The largest absolute Gasteiger partial charge is 0.461 e. The van der Waals surface area contributed by atoms with Crippen molar-refractivity contribution >= 4 is 5.91 Å². The van der Waals surface area contributed by atoms with Crippen LogP contribution in [0.4, 0.5) is 4.39 Å². The highest BCUT2D eigenvalue weighted by atomic mass is 19.1. The van der Waals surface area contributed by atoms with Gasteiger partial charge in [0.25, 0.3) is 0 Å². The first kappa shape index (κ1) is 17.7. The lowest BCUT2D eigenvalue weighted by atomic mass is 9.92. The molecule has 134 valence electrons. The number of amides is 1. The van der Waals surface area contributed by atoms with Crippen LogP contribution in [0.15, 0.2) is 40.8 Å². The first-order valence-electron chi connectivity index (χ1n) is 8.91. The molecule has 1 aromatic carbocycles. The van der Waals surface area contributed by atoms with Crippen molar-refractivity contribution in [2.24, 2.45) is 11.7 Å². The van der Waals surface area contributed by atoms with Crippen LogP contribution in [0.1, 0.15) is 31.9 Å². The Bertz CT molecular complexity index is 728. The van der Waals surface area contributed by atoms with Gasteiger partial charge in [0.15, 0.2) is 0 Å². The standard InChI is InChI=1S/C20H25FN2O2/c1-14-10-11-23(15(12-14)13-22)20(24)9-7-16-6-8-19(25-16)17-4-2-3-5-18(17)21/h2-6,8,14-15H,7,9-13,22H2,1H3. The Labute approximate surface area is 147 Å². The molecular weight excluding hydrogens is 319 g/mol. The van der Waals surface area contributed by atoms with Crippen molar-refractivity contribution in [3.8, 4) is 11.3 Å². The van der Waals surface area contributed by atoms with E-state index in [1.54, 1.807) is 24.3 Å². The van der Waals surface area contributed by atoms with E-state index in [-0.39, 0.29) is 17.8 Å². The molecule has 2 heterocycles. The second-order valence-corrected chi connectivity index (χ2v) is 6.85. The minimum absolute atomic E-state index is 0.117. The molecule has 2 atom stereocenters. The maximum Gasteiger partial charge on any atom is 0.223 e. The van der Waals surface area contributed by atoms with Gasteiger partial charge in [-0.1, -0.05) is 19.1 Å². The summed E-state index contributed by atoms with van der Waals surface area (Å²) in [6, 6.07) is 10.2. The molecule has 4 nitrogen and oxygen atoms in total. The zero-order chi connectivity index (χ0) is 17.8. The van der Waals surface area contributed by atoms with Crippen LogP contribution in [0.25, 0.3) is 11.3 Å². The Morgan fingerprint density at radius 3 is 2.88 bits per heavy atom. The number of furan rings is 1. The number of hydrogen-bond donors (Lipinski definition) is 1. The van der Waals surface area contributed by atoms with Gasteiger partial charge in [-0.3, -0.25) is 4.79 Å². The molecular formula is C20H25FN2O2. The summed E-state index contributed by atoms with van der Waals surface area (Å²) in [5.74, 6) is 1.61. The number of halogens is 1. The Kier molecular flexibility index (Phi) is 5.53. The molecule has 2 N–H and O–H groups in total. The summed E-state index contributed by atoms with van der Waals surface area (Å²) >= 11 is 0. The van der Waals surface area contributed by atoms with Gasteiger partial charge in [0.05, 0.1) is 5.56 Å². The Hall–Kier alpha value is -2.14. The molecule has 0 saturated carbocycles. The van der Waals surface area contributed by atoms with Crippen molar-refractivity contribution in [1.29, 1.82) is 0 Å². The highest BCUT2D eigenvalue weighted by Gasteiger charge is 2.28. The van der Waals surface area contributed by atoms with E-state index in [9.17, 15) is 9.18 Å². The molecule has 0 spiro atoms. The third-order valence-electron chi connectivity index (χ3n) is 4.96. The quantitative estimate of drug-likeness (QED) is 0.901. The molecule has 3 rings (SSSR count). The highest BCUT2D eigenvalue weighted by molar-refractivity contribution is 5.77. The molecule has 1 aromatic heterocycles. The first-order chi connectivity index (χ1) is 12.1. The van der Waals surface area contributed by atoms with Crippen LogP contribution in [0.3, 0.4) is 0 Å². The van der Waals surface area contributed by atoms with E-state index >= 15 is 0 Å². The van der Waals surface area contributed by atoms with E-state index in [0.29, 0.717) is 42.4 Å². The van der Waals surface area contributed by atoms with Gasteiger partial charge >= 0.3 is 0 Å². The summed E-state index contributed by atoms with van der Waals surface area (Å²) in [7, 11) is 0. The number of nitrogens with zero attached hydrogens (tertiary/aromatic N) is 1. The van der Waals surface area contributed by atoms with Gasteiger partial charge < -0.3 is 15.1 Å². The minimum Gasteiger partial charge on any atom is -0.461 e. The molecule has 1 aliphatic heterocycles. The average Bonchev–Trinajstić information content (AvgIpc) is 3.08. The fraction of sp³-hybridized carbons (Fsp3) is 0.450. The zero-order valence-electron chi connectivity index (χ0n) is 14.6. The lowest BCUT2D eigenvalue weighted by Gasteiger charge is -2.38. The molecule has 1 fully saturated rings. The maximum atomic E-state index is 13.8. The van der Waals surface area contributed by atoms with Gasteiger partial charge in [0.1, 0.15) is 17.3 Å². The normalized spacial score (nSPS) is 20.7. The molecule has 2 aromatic rings. The van der Waals surface area contributed by atoms with E-state index < -0.39 is 0 Å². The van der Waals surface area contributed by atoms with E-state index in [1.165, 1.54) is 6.07 Å². The molecule has 25 heavy (non-hydrogen) atoms. The van der Waals surface area contributed by atoms with Gasteiger partial charge in [-0.25, -0.2) is 4.39 Å². The van der Waals surface area contributed by atoms with Crippen molar-refractivity contribution < 1.29 is 13.6 Å². The number of piperidine rings is 1. The highest BCUT2D eigenvalue weighted by Crippen LogP contribution is 2.26.